The smallest absolute Gasteiger partial charge is 0.163 e. The molecule has 0 amide bonds. The van der Waals surface area contributed by atoms with Crippen LogP contribution in [0.25, 0.3) is 6.08 Å². The molecule has 96 valence electrons. The molecule has 0 saturated heterocycles. The fourth-order valence-electron chi connectivity index (χ4n) is 2.36. The van der Waals surface area contributed by atoms with E-state index in [0.717, 1.165) is 30.5 Å². The second-order valence-corrected chi connectivity index (χ2v) is 5.08. The Morgan fingerprint density at radius 2 is 2.00 bits per heavy atom. The summed E-state index contributed by atoms with van der Waals surface area (Å²) in [5, 5.41) is 0. The summed E-state index contributed by atoms with van der Waals surface area (Å²) in [7, 11) is 3.96. The van der Waals surface area contributed by atoms with Crippen molar-refractivity contribution >= 4 is 11.9 Å². The first-order chi connectivity index (χ1) is 8.56. The van der Waals surface area contributed by atoms with Crippen molar-refractivity contribution in [1.82, 2.24) is 4.90 Å². The van der Waals surface area contributed by atoms with Gasteiger partial charge in [0.05, 0.1) is 0 Å². The van der Waals surface area contributed by atoms with E-state index in [9.17, 15) is 9.18 Å². The van der Waals surface area contributed by atoms with Gasteiger partial charge in [-0.15, -0.1) is 0 Å². The summed E-state index contributed by atoms with van der Waals surface area (Å²) in [5.41, 5.74) is 1.76. The number of carbonyl (C=O) groups excluding carboxylic acids is 1. The Balaban J connectivity index is 2.11. The van der Waals surface area contributed by atoms with Crippen molar-refractivity contribution in [2.24, 2.45) is 5.92 Å². The topological polar surface area (TPSA) is 20.3 Å². The van der Waals surface area contributed by atoms with Gasteiger partial charge in [-0.3, -0.25) is 4.79 Å². The maximum absolute atomic E-state index is 12.8. The van der Waals surface area contributed by atoms with Crippen molar-refractivity contribution in [3.63, 3.8) is 0 Å². The second-order valence-electron chi connectivity index (χ2n) is 5.08. The van der Waals surface area contributed by atoms with E-state index in [0.29, 0.717) is 0 Å². The highest BCUT2D eigenvalue weighted by atomic mass is 19.1. The van der Waals surface area contributed by atoms with Gasteiger partial charge < -0.3 is 4.90 Å². The molecule has 1 unspecified atom stereocenters. The van der Waals surface area contributed by atoms with E-state index < -0.39 is 0 Å². The number of hydrogen-bond acceptors (Lipinski definition) is 2. The summed E-state index contributed by atoms with van der Waals surface area (Å²) in [6.45, 7) is 0.805. The molecule has 0 heterocycles. The molecule has 2 nitrogen and oxygen atoms in total. The lowest BCUT2D eigenvalue weighted by Crippen LogP contribution is -2.24. The van der Waals surface area contributed by atoms with Crippen molar-refractivity contribution in [1.29, 1.82) is 0 Å². The van der Waals surface area contributed by atoms with Crippen LogP contribution >= 0.6 is 0 Å². The summed E-state index contributed by atoms with van der Waals surface area (Å²) >= 11 is 0. The van der Waals surface area contributed by atoms with Gasteiger partial charge in [0.25, 0.3) is 0 Å². The molecule has 3 heteroatoms. The minimum atomic E-state index is -0.250. The lowest BCUT2D eigenvalue weighted by Gasteiger charge is -2.13. The van der Waals surface area contributed by atoms with Crippen LogP contribution in [0.2, 0.25) is 0 Å². The zero-order chi connectivity index (χ0) is 13.1. The number of rotatable bonds is 3. The highest BCUT2D eigenvalue weighted by Gasteiger charge is 2.29. The third-order valence-electron chi connectivity index (χ3n) is 3.25. The van der Waals surface area contributed by atoms with Crippen LogP contribution < -0.4 is 0 Å². The van der Waals surface area contributed by atoms with Gasteiger partial charge in [-0.25, -0.2) is 4.39 Å². The first-order valence-electron chi connectivity index (χ1n) is 6.21. The van der Waals surface area contributed by atoms with Crippen molar-refractivity contribution in [3.05, 3.63) is 41.2 Å². The Hall–Kier alpha value is -1.48. The van der Waals surface area contributed by atoms with Gasteiger partial charge in [0.2, 0.25) is 0 Å². The van der Waals surface area contributed by atoms with Gasteiger partial charge in [-0.1, -0.05) is 12.1 Å². The molecule has 0 bridgehead atoms. The molecule has 0 aliphatic heterocycles. The Morgan fingerprint density at radius 1 is 1.33 bits per heavy atom. The summed E-state index contributed by atoms with van der Waals surface area (Å²) in [6.07, 6.45) is 3.64. The number of carbonyl (C=O) groups is 1. The molecule has 0 N–H and O–H groups in total. The van der Waals surface area contributed by atoms with Crippen LogP contribution in [0.15, 0.2) is 29.8 Å². The van der Waals surface area contributed by atoms with Crippen LogP contribution in [0.4, 0.5) is 4.39 Å². The largest absolute Gasteiger partial charge is 0.309 e. The van der Waals surface area contributed by atoms with Crippen LogP contribution in [-0.2, 0) is 4.79 Å². The monoisotopic (exact) mass is 247 g/mol. The number of benzene rings is 1. The molecule has 1 saturated carbocycles. The van der Waals surface area contributed by atoms with Crippen molar-refractivity contribution in [2.45, 2.75) is 12.8 Å². The molecule has 1 atom stereocenters. The lowest BCUT2D eigenvalue weighted by molar-refractivity contribution is -0.118. The number of nitrogens with zero attached hydrogens (tertiary/aromatic N) is 1. The minimum Gasteiger partial charge on any atom is -0.309 e. The quantitative estimate of drug-likeness (QED) is 0.765. The molecule has 1 aliphatic carbocycles. The minimum absolute atomic E-state index is 0.117. The van der Waals surface area contributed by atoms with Gasteiger partial charge in [0.15, 0.2) is 5.78 Å². The Labute approximate surface area is 107 Å². The normalized spacial score (nSPS) is 22.1. The molecule has 1 aromatic rings. The van der Waals surface area contributed by atoms with Crippen LogP contribution in [-0.4, -0.2) is 31.3 Å². The lowest BCUT2D eigenvalue weighted by atomic mass is 10.0. The summed E-state index contributed by atoms with van der Waals surface area (Å²) in [4.78, 5) is 14.2. The summed E-state index contributed by atoms with van der Waals surface area (Å²) in [5.74, 6) is 0.111. The SMILES string of the molecule is CN(C)CC1CC/C(=C\c2ccc(F)cc2)C1=O. The Kier molecular flexibility index (Phi) is 3.92. The summed E-state index contributed by atoms with van der Waals surface area (Å²) in [6, 6.07) is 6.25. The van der Waals surface area contributed by atoms with Crippen LogP contribution in [0.1, 0.15) is 18.4 Å². The number of allylic oxidation sites excluding steroid dienone is 1. The average Bonchev–Trinajstić information content (AvgIpc) is 2.64. The zero-order valence-electron chi connectivity index (χ0n) is 10.8. The van der Waals surface area contributed by atoms with Gasteiger partial charge in [0, 0.05) is 12.5 Å². The van der Waals surface area contributed by atoms with Gasteiger partial charge in [0.1, 0.15) is 5.82 Å². The van der Waals surface area contributed by atoms with Crippen LogP contribution in [0, 0.1) is 11.7 Å². The van der Waals surface area contributed by atoms with Crippen molar-refractivity contribution < 1.29 is 9.18 Å². The average molecular weight is 247 g/mol. The third-order valence-corrected chi connectivity index (χ3v) is 3.25. The third kappa shape index (κ3) is 3.05. The van der Waals surface area contributed by atoms with E-state index in [2.05, 4.69) is 0 Å². The molecule has 0 spiro atoms. The molecule has 1 fully saturated rings. The highest BCUT2D eigenvalue weighted by Crippen LogP contribution is 2.28. The fourth-order valence-corrected chi connectivity index (χ4v) is 2.36. The van der Waals surface area contributed by atoms with E-state index >= 15 is 0 Å². The first-order valence-corrected chi connectivity index (χ1v) is 6.21. The number of Topliss-reactive ketones (excluding diaryl/α,β-unsaturated/α-hetero) is 1. The standard InChI is InChI=1S/C15H18FNO/c1-17(2)10-13-6-5-12(15(13)18)9-11-3-7-14(16)8-4-11/h3-4,7-9,13H,5-6,10H2,1-2H3/b12-9+. The maximum atomic E-state index is 12.8. The number of ketones is 1. The molecule has 0 aromatic heterocycles. The Morgan fingerprint density at radius 3 is 2.61 bits per heavy atom. The molecular formula is C15H18FNO. The van der Waals surface area contributed by atoms with Crippen molar-refractivity contribution in [2.75, 3.05) is 20.6 Å². The van der Waals surface area contributed by atoms with E-state index in [1.807, 2.05) is 25.1 Å². The molecule has 18 heavy (non-hydrogen) atoms. The molecule has 2 rings (SSSR count). The van der Waals surface area contributed by atoms with E-state index in [4.69, 9.17) is 0 Å². The first kappa shape index (κ1) is 13.0. The summed E-state index contributed by atoms with van der Waals surface area (Å²) < 4.78 is 12.8. The fraction of sp³-hybridized carbons (Fsp3) is 0.400. The highest BCUT2D eigenvalue weighted by molar-refractivity contribution is 6.03. The molecule has 1 aromatic carbocycles. The second kappa shape index (κ2) is 5.44. The number of hydrogen-bond donors (Lipinski definition) is 0. The van der Waals surface area contributed by atoms with Crippen LogP contribution in [0.5, 0.6) is 0 Å². The predicted molar refractivity (Wildman–Crippen MR) is 70.7 cm³/mol. The van der Waals surface area contributed by atoms with Gasteiger partial charge >= 0.3 is 0 Å². The van der Waals surface area contributed by atoms with Crippen LogP contribution in [0.3, 0.4) is 0 Å². The molecular weight excluding hydrogens is 229 g/mol. The molecule has 1 aliphatic rings. The van der Waals surface area contributed by atoms with Gasteiger partial charge in [-0.05, 0) is 56.3 Å². The molecule has 0 radical (unpaired) electrons. The van der Waals surface area contributed by atoms with E-state index in [1.54, 1.807) is 12.1 Å². The number of halogens is 1. The van der Waals surface area contributed by atoms with E-state index in [1.165, 1.54) is 12.1 Å². The maximum Gasteiger partial charge on any atom is 0.163 e. The van der Waals surface area contributed by atoms with Gasteiger partial charge in [-0.2, -0.15) is 0 Å². The van der Waals surface area contributed by atoms with Crippen molar-refractivity contribution in [3.8, 4) is 0 Å². The Bertz CT molecular complexity index is 462. The predicted octanol–water partition coefficient (Wildman–Crippen LogP) is 2.75. The zero-order valence-corrected chi connectivity index (χ0v) is 10.8. The van der Waals surface area contributed by atoms with E-state index in [-0.39, 0.29) is 17.5 Å².